The predicted octanol–water partition coefficient (Wildman–Crippen LogP) is 3.43. The van der Waals surface area contributed by atoms with Crippen molar-refractivity contribution >= 4 is 0 Å². The van der Waals surface area contributed by atoms with Crippen molar-refractivity contribution in [2.24, 2.45) is 0 Å². The molecular weight excluding hydrogens is 255 g/mol. The number of rotatable bonds is 3. The molecule has 3 rings (SSSR count). The summed E-state index contributed by atoms with van der Waals surface area (Å²) >= 11 is 0. The molecule has 0 saturated carbocycles. The topological polar surface area (TPSA) is 29.5 Å². The summed E-state index contributed by atoms with van der Waals surface area (Å²) in [4.78, 5) is 0. The van der Waals surface area contributed by atoms with E-state index in [1.807, 2.05) is 24.3 Å². The fraction of sp³-hybridized carbons (Fsp3) is 0.294. The monoisotopic (exact) mass is 272 g/mol. The Balaban J connectivity index is 1.78. The van der Waals surface area contributed by atoms with Crippen LogP contribution in [0.2, 0.25) is 0 Å². The molecular formula is C17H17FO2. The van der Waals surface area contributed by atoms with Crippen molar-refractivity contribution in [3.8, 4) is 5.75 Å². The molecule has 104 valence electrons. The van der Waals surface area contributed by atoms with Gasteiger partial charge in [-0.3, -0.25) is 0 Å². The first-order valence-electron chi connectivity index (χ1n) is 6.90. The zero-order chi connectivity index (χ0) is 13.9. The van der Waals surface area contributed by atoms with E-state index >= 15 is 0 Å². The fourth-order valence-corrected chi connectivity index (χ4v) is 2.59. The van der Waals surface area contributed by atoms with Crippen LogP contribution in [0.1, 0.15) is 29.2 Å². The normalized spacial score (nSPS) is 15.3. The summed E-state index contributed by atoms with van der Waals surface area (Å²) in [5.41, 5.74) is 2.80. The molecule has 1 unspecified atom stereocenters. The number of hydrogen-bond acceptors (Lipinski definition) is 2. The molecule has 1 atom stereocenters. The largest absolute Gasteiger partial charge is 0.493 e. The maximum absolute atomic E-state index is 13.1. The minimum atomic E-state index is -0.621. The minimum absolute atomic E-state index is 0.270. The second-order valence-corrected chi connectivity index (χ2v) is 5.17. The summed E-state index contributed by atoms with van der Waals surface area (Å²) in [6, 6.07) is 12.2. The van der Waals surface area contributed by atoms with Crippen LogP contribution in [0.5, 0.6) is 5.75 Å². The smallest absolute Gasteiger partial charge is 0.123 e. The molecule has 0 spiro atoms. The van der Waals surface area contributed by atoms with Crippen LogP contribution in [-0.4, -0.2) is 11.7 Å². The third-order valence-electron chi connectivity index (χ3n) is 3.64. The minimum Gasteiger partial charge on any atom is -0.493 e. The summed E-state index contributed by atoms with van der Waals surface area (Å²) in [6.45, 7) is 0.762. The van der Waals surface area contributed by atoms with Crippen molar-refractivity contribution < 1.29 is 14.2 Å². The molecule has 2 aromatic rings. The number of benzene rings is 2. The van der Waals surface area contributed by atoms with E-state index in [0.29, 0.717) is 6.42 Å². The summed E-state index contributed by atoms with van der Waals surface area (Å²) < 4.78 is 18.7. The van der Waals surface area contributed by atoms with Gasteiger partial charge in [-0.2, -0.15) is 0 Å². The van der Waals surface area contributed by atoms with Crippen LogP contribution < -0.4 is 4.74 Å². The van der Waals surface area contributed by atoms with Crippen molar-refractivity contribution in [1.82, 2.24) is 0 Å². The molecule has 2 aromatic carbocycles. The quantitative estimate of drug-likeness (QED) is 0.927. The van der Waals surface area contributed by atoms with E-state index in [1.165, 1.54) is 12.1 Å². The van der Waals surface area contributed by atoms with Crippen molar-refractivity contribution in [2.45, 2.75) is 25.4 Å². The zero-order valence-electron chi connectivity index (χ0n) is 11.2. The number of aryl methyl sites for hydroxylation is 1. The van der Waals surface area contributed by atoms with Gasteiger partial charge in [0, 0.05) is 6.42 Å². The highest BCUT2D eigenvalue weighted by molar-refractivity contribution is 5.39. The van der Waals surface area contributed by atoms with E-state index in [2.05, 4.69) is 0 Å². The van der Waals surface area contributed by atoms with Gasteiger partial charge < -0.3 is 9.84 Å². The van der Waals surface area contributed by atoms with Crippen LogP contribution in [0, 0.1) is 5.82 Å². The van der Waals surface area contributed by atoms with Gasteiger partial charge in [-0.05, 0) is 53.8 Å². The Morgan fingerprint density at radius 2 is 2.10 bits per heavy atom. The van der Waals surface area contributed by atoms with Crippen molar-refractivity contribution in [1.29, 1.82) is 0 Å². The lowest BCUT2D eigenvalue weighted by Crippen LogP contribution is -2.10. The maximum Gasteiger partial charge on any atom is 0.123 e. The Labute approximate surface area is 117 Å². The average molecular weight is 272 g/mol. The molecule has 3 heteroatoms. The maximum atomic E-state index is 13.1. The van der Waals surface area contributed by atoms with E-state index < -0.39 is 6.10 Å². The van der Waals surface area contributed by atoms with Crippen LogP contribution in [0.4, 0.5) is 4.39 Å². The lowest BCUT2D eigenvalue weighted by Gasteiger charge is -2.19. The number of halogens is 1. The van der Waals surface area contributed by atoms with Gasteiger partial charge in [0.25, 0.3) is 0 Å². The van der Waals surface area contributed by atoms with Gasteiger partial charge in [0.2, 0.25) is 0 Å². The van der Waals surface area contributed by atoms with Gasteiger partial charge in [-0.1, -0.05) is 18.2 Å². The molecule has 0 aromatic heterocycles. The van der Waals surface area contributed by atoms with Crippen LogP contribution in [0.25, 0.3) is 0 Å². The number of hydrogen-bond donors (Lipinski definition) is 1. The average Bonchev–Trinajstić information content (AvgIpc) is 2.47. The molecule has 0 saturated heterocycles. The lowest BCUT2D eigenvalue weighted by atomic mass is 9.97. The molecule has 1 N–H and O–H groups in total. The first kappa shape index (κ1) is 13.1. The number of fused-ring (bicyclic) bond motifs is 1. The Morgan fingerprint density at radius 1 is 1.20 bits per heavy atom. The predicted molar refractivity (Wildman–Crippen MR) is 75.3 cm³/mol. The van der Waals surface area contributed by atoms with E-state index in [9.17, 15) is 9.50 Å². The summed E-state index contributed by atoms with van der Waals surface area (Å²) in [5.74, 6) is 0.645. The second-order valence-electron chi connectivity index (χ2n) is 5.17. The van der Waals surface area contributed by atoms with Gasteiger partial charge in [-0.25, -0.2) is 4.39 Å². The van der Waals surface area contributed by atoms with Gasteiger partial charge >= 0.3 is 0 Å². The Morgan fingerprint density at radius 3 is 2.95 bits per heavy atom. The molecule has 0 radical (unpaired) electrons. The van der Waals surface area contributed by atoms with E-state index in [-0.39, 0.29) is 5.82 Å². The Bertz CT molecular complexity index is 610. The molecule has 0 fully saturated rings. The lowest BCUT2D eigenvalue weighted by molar-refractivity contribution is 0.178. The van der Waals surface area contributed by atoms with Gasteiger partial charge in [0.1, 0.15) is 11.6 Å². The Hall–Kier alpha value is -1.87. The number of ether oxygens (including phenoxy) is 1. The molecule has 0 aliphatic carbocycles. The summed E-state index contributed by atoms with van der Waals surface area (Å²) in [7, 11) is 0. The molecule has 0 bridgehead atoms. The highest BCUT2D eigenvalue weighted by Crippen LogP contribution is 2.29. The van der Waals surface area contributed by atoms with Crippen LogP contribution in [-0.2, 0) is 12.8 Å². The number of aliphatic hydroxyl groups is 1. The number of aliphatic hydroxyl groups excluding tert-OH is 1. The first-order valence-corrected chi connectivity index (χ1v) is 6.90. The third-order valence-corrected chi connectivity index (χ3v) is 3.64. The zero-order valence-corrected chi connectivity index (χ0v) is 11.2. The van der Waals surface area contributed by atoms with Crippen molar-refractivity contribution in [3.63, 3.8) is 0 Å². The van der Waals surface area contributed by atoms with E-state index in [1.54, 1.807) is 6.07 Å². The molecule has 0 amide bonds. The van der Waals surface area contributed by atoms with Gasteiger partial charge in [0.05, 0.1) is 12.7 Å². The molecule has 2 nitrogen and oxygen atoms in total. The van der Waals surface area contributed by atoms with Crippen molar-refractivity contribution in [3.05, 3.63) is 65.0 Å². The summed E-state index contributed by atoms with van der Waals surface area (Å²) in [5, 5.41) is 10.3. The standard InChI is InChI=1S/C17H17FO2/c18-15-5-1-3-12(9-15)10-16(19)13-6-7-17-14(11-13)4-2-8-20-17/h1,3,5-7,9,11,16,19H,2,4,8,10H2. The van der Waals surface area contributed by atoms with Crippen molar-refractivity contribution in [2.75, 3.05) is 6.61 Å². The first-order chi connectivity index (χ1) is 9.72. The van der Waals surface area contributed by atoms with Gasteiger partial charge in [-0.15, -0.1) is 0 Å². The molecule has 1 heterocycles. The summed E-state index contributed by atoms with van der Waals surface area (Å²) in [6.07, 6.45) is 1.79. The SMILES string of the molecule is OC(Cc1cccc(F)c1)c1ccc2c(c1)CCCO2. The highest BCUT2D eigenvalue weighted by atomic mass is 19.1. The van der Waals surface area contributed by atoms with Crippen LogP contribution >= 0.6 is 0 Å². The van der Waals surface area contributed by atoms with Crippen LogP contribution in [0.3, 0.4) is 0 Å². The highest BCUT2D eigenvalue weighted by Gasteiger charge is 2.14. The fourth-order valence-electron chi connectivity index (χ4n) is 2.59. The molecule has 1 aliphatic rings. The molecule has 1 aliphatic heterocycles. The molecule has 20 heavy (non-hydrogen) atoms. The van der Waals surface area contributed by atoms with Gasteiger partial charge in [0.15, 0.2) is 0 Å². The van der Waals surface area contributed by atoms with E-state index in [0.717, 1.165) is 41.9 Å². The van der Waals surface area contributed by atoms with Crippen LogP contribution in [0.15, 0.2) is 42.5 Å². The second kappa shape index (κ2) is 5.63. The Kier molecular flexibility index (Phi) is 3.70. The van der Waals surface area contributed by atoms with E-state index in [4.69, 9.17) is 4.74 Å². The third kappa shape index (κ3) is 2.83.